The molecule has 0 saturated carbocycles. The maximum Gasteiger partial charge on any atom is 0.339 e. The van der Waals surface area contributed by atoms with Crippen molar-refractivity contribution in [1.82, 2.24) is 0 Å². The number of rotatable bonds is 4. The van der Waals surface area contributed by atoms with E-state index in [0.717, 1.165) is 6.07 Å². The largest absolute Gasteiger partial charge is 0.493 e. The molecule has 0 aliphatic rings. The standard InChI is InChI=1S/C9H10O5S/c1-2-14-8-4-3-6(15(12)13)5-7(8)9(10)11/h3-5,15H,2H2,1H3,(H,10,11). The van der Waals surface area contributed by atoms with Crippen molar-refractivity contribution in [1.29, 1.82) is 0 Å². The Morgan fingerprint density at radius 1 is 1.47 bits per heavy atom. The average molecular weight is 230 g/mol. The van der Waals surface area contributed by atoms with Gasteiger partial charge in [0.15, 0.2) is 10.7 Å². The molecule has 0 aliphatic heterocycles. The van der Waals surface area contributed by atoms with E-state index in [1.54, 1.807) is 6.92 Å². The predicted molar refractivity (Wildman–Crippen MR) is 53.2 cm³/mol. The van der Waals surface area contributed by atoms with E-state index in [1.165, 1.54) is 12.1 Å². The number of hydrogen-bond donors (Lipinski definition) is 2. The lowest BCUT2D eigenvalue weighted by molar-refractivity contribution is 0.0692. The number of hydrogen-bond acceptors (Lipinski definition) is 4. The summed E-state index contributed by atoms with van der Waals surface area (Å²) in [5.74, 6) is -1.04. The molecule has 1 aromatic rings. The quantitative estimate of drug-likeness (QED) is 0.746. The van der Waals surface area contributed by atoms with Crippen LogP contribution in [0.5, 0.6) is 5.75 Å². The zero-order valence-corrected chi connectivity index (χ0v) is 8.86. The molecule has 0 aromatic heterocycles. The molecule has 0 unspecified atom stereocenters. The molecule has 1 rings (SSSR count). The number of carbonyl (C=O) groups is 1. The average Bonchev–Trinajstić information content (AvgIpc) is 2.18. The van der Waals surface area contributed by atoms with Crippen LogP contribution in [0.2, 0.25) is 0 Å². The Morgan fingerprint density at radius 2 is 2.13 bits per heavy atom. The molecule has 0 amide bonds. The summed E-state index contributed by atoms with van der Waals surface area (Å²) in [4.78, 5) is 10.8. The monoisotopic (exact) mass is 230 g/mol. The molecular formula is C9H10O5S. The van der Waals surface area contributed by atoms with Crippen molar-refractivity contribution in [2.75, 3.05) is 6.61 Å². The number of thiol groups is 1. The number of aromatic carboxylic acids is 1. The second-order valence-electron chi connectivity index (χ2n) is 2.68. The van der Waals surface area contributed by atoms with Gasteiger partial charge in [0.05, 0.1) is 11.5 Å². The van der Waals surface area contributed by atoms with Crippen LogP contribution < -0.4 is 4.74 Å². The molecule has 0 radical (unpaired) electrons. The third-order valence-electron chi connectivity index (χ3n) is 1.70. The van der Waals surface area contributed by atoms with Gasteiger partial charge in [0, 0.05) is 0 Å². The van der Waals surface area contributed by atoms with Gasteiger partial charge in [0.1, 0.15) is 11.3 Å². The van der Waals surface area contributed by atoms with Crippen molar-refractivity contribution < 1.29 is 23.1 Å². The molecule has 6 heteroatoms. The second-order valence-corrected chi connectivity index (χ2v) is 3.71. The minimum atomic E-state index is -2.78. The molecular weight excluding hydrogens is 220 g/mol. The van der Waals surface area contributed by atoms with Gasteiger partial charge in [-0.2, -0.15) is 0 Å². The summed E-state index contributed by atoms with van der Waals surface area (Å²) >= 11 is 0. The molecule has 82 valence electrons. The number of carboxylic acid groups (broad SMARTS) is 1. The Kier molecular flexibility index (Phi) is 3.68. The van der Waals surface area contributed by atoms with Crippen LogP contribution in [0, 0.1) is 0 Å². The highest BCUT2D eigenvalue weighted by Crippen LogP contribution is 2.20. The Hall–Kier alpha value is -1.56. The molecule has 0 aliphatic carbocycles. The second kappa shape index (κ2) is 4.79. The minimum Gasteiger partial charge on any atom is -0.493 e. The van der Waals surface area contributed by atoms with E-state index >= 15 is 0 Å². The maximum absolute atomic E-state index is 10.8. The summed E-state index contributed by atoms with van der Waals surface area (Å²) in [5.41, 5.74) is -0.145. The van der Waals surface area contributed by atoms with Gasteiger partial charge in [-0.15, -0.1) is 0 Å². The summed E-state index contributed by atoms with van der Waals surface area (Å²) in [6.07, 6.45) is 0. The highest BCUT2D eigenvalue weighted by atomic mass is 32.2. The summed E-state index contributed by atoms with van der Waals surface area (Å²) in [7, 11) is -2.78. The van der Waals surface area contributed by atoms with E-state index in [9.17, 15) is 13.2 Å². The molecule has 1 N–H and O–H groups in total. The van der Waals surface area contributed by atoms with Gasteiger partial charge in [0.2, 0.25) is 0 Å². The van der Waals surface area contributed by atoms with Crippen LogP contribution in [0.4, 0.5) is 0 Å². The summed E-state index contributed by atoms with van der Waals surface area (Å²) < 4.78 is 26.4. The van der Waals surface area contributed by atoms with Crippen LogP contribution in [0.15, 0.2) is 23.1 Å². The van der Waals surface area contributed by atoms with Crippen LogP contribution in [0.1, 0.15) is 17.3 Å². The van der Waals surface area contributed by atoms with Crippen molar-refractivity contribution in [2.24, 2.45) is 0 Å². The first-order valence-electron chi connectivity index (χ1n) is 4.20. The minimum absolute atomic E-state index is 0.0362. The lowest BCUT2D eigenvalue weighted by atomic mass is 10.2. The molecule has 1 aromatic carbocycles. The normalized spacial score (nSPS) is 10.3. The van der Waals surface area contributed by atoms with Crippen LogP contribution in [-0.2, 0) is 10.7 Å². The van der Waals surface area contributed by atoms with Crippen molar-refractivity contribution in [3.63, 3.8) is 0 Å². The van der Waals surface area contributed by atoms with E-state index in [2.05, 4.69) is 0 Å². The highest BCUT2D eigenvalue weighted by molar-refractivity contribution is 7.72. The van der Waals surface area contributed by atoms with Crippen molar-refractivity contribution in [2.45, 2.75) is 11.8 Å². The SMILES string of the molecule is CCOc1ccc([SH](=O)=O)cc1C(=O)O. The van der Waals surface area contributed by atoms with Crippen LogP contribution in [0.25, 0.3) is 0 Å². The topological polar surface area (TPSA) is 80.7 Å². The fraction of sp³-hybridized carbons (Fsp3) is 0.222. The number of benzene rings is 1. The molecule has 0 heterocycles. The zero-order valence-electron chi connectivity index (χ0n) is 7.97. The first kappa shape index (κ1) is 11.5. The fourth-order valence-corrected chi connectivity index (χ4v) is 1.51. The predicted octanol–water partition coefficient (Wildman–Crippen LogP) is 0.754. The first-order chi connectivity index (χ1) is 7.06. The van der Waals surface area contributed by atoms with Gasteiger partial charge in [-0.3, -0.25) is 0 Å². The fourth-order valence-electron chi connectivity index (χ4n) is 1.08. The lowest BCUT2D eigenvalue weighted by Gasteiger charge is -2.06. The van der Waals surface area contributed by atoms with Crippen molar-refractivity contribution >= 4 is 16.7 Å². The van der Waals surface area contributed by atoms with Crippen molar-refractivity contribution in [3.8, 4) is 5.75 Å². The lowest BCUT2D eigenvalue weighted by Crippen LogP contribution is -2.03. The molecule has 0 fully saturated rings. The van der Waals surface area contributed by atoms with Gasteiger partial charge in [-0.05, 0) is 25.1 Å². The Morgan fingerprint density at radius 3 is 2.60 bits per heavy atom. The summed E-state index contributed by atoms with van der Waals surface area (Å²) in [5, 5.41) is 8.82. The van der Waals surface area contributed by atoms with Gasteiger partial charge in [0.25, 0.3) is 0 Å². The Bertz CT molecular complexity index is 442. The molecule has 0 spiro atoms. The third-order valence-corrected chi connectivity index (χ3v) is 2.40. The smallest absolute Gasteiger partial charge is 0.339 e. The van der Waals surface area contributed by atoms with E-state index in [0.29, 0.717) is 6.61 Å². The summed E-state index contributed by atoms with van der Waals surface area (Å²) in [6, 6.07) is 3.73. The van der Waals surface area contributed by atoms with Gasteiger partial charge in [-0.25, -0.2) is 13.2 Å². The van der Waals surface area contributed by atoms with E-state index in [1.807, 2.05) is 0 Å². The van der Waals surface area contributed by atoms with Crippen LogP contribution >= 0.6 is 0 Å². The molecule has 0 atom stereocenters. The molecule has 0 saturated heterocycles. The molecule has 15 heavy (non-hydrogen) atoms. The highest BCUT2D eigenvalue weighted by Gasteiger charge is 2.12. The van der Waals surface area contributed by atoms with E-state index < -0.39 is 16.7 Å². The molecule has 0 bridgehead atoms. The maximum atomic E-state index is 10.8. The van der Waals surface area contributed by atoms with Crippen molar-refractivity contribution in [3.05, 3.63) is 23.8 Å². The third kappa shape index (κ3) is 2.69. The van der Waals surface area contributed by atoms with E-state index in [-0.39, 0.29) is 16.2 Å². The number of ether oxygens (including phenoxy) is 1. The summed E-state index contributed by atoms with van der Waals surface area (Å²) in [6.45, 7) is 2.04. The van der Waals surface area contributed by atoms with Gasteiger partial charge >= 0.3 is 5.97 Å². The van der Waals surface area contributed by atoms with Crippen LogP contribution in [0.3, 0.4) is 0 Å². The Balaban J connectivity index is 3.26. The Labute approximate surface area is 88.3 Å². The zero-order chi connectivity index (χ0) is 11.4. The van der Waals surface area contributed by atoms with Gasteiger partial charge in [-0.1, -0.05) is 0 Å². The van der Waals surface area contributed by atoms with E-state index in [4.69, 9.17) is 9.84 Å². The first-order valence-corrected chi connectivity index (χ1v) is 5.38. The number of carboxylic acids is 1. The molecule has 5 nitrogen and oxygen atoms in total. The van der Waals surface area contributed by atoms with Gasteiger partial charge < -0.3 is 9.84 Å². The van der Waals surface area contributed by atoms with Crippen LogP contribution in [-0.4, -0.2) is 26.1 Å².